The Morgan fingerprint density at radius 2 is 1.95 bits per heavy atom. The van der Waals surface area contributed by atoms with Crippen LogP contribution in [0.1, 0.15) is 17.0 Å². The number of aryl methyl sites for hydroxylation is 1. The lowest BCUT2D eigenvalue weighted by molar-refractivity contribution is 0.282. The van der Waals surface area contributed by atoms with Crippen molar-refractivity contribution in [3.05, 3.63) is 65.6 Å². The van der Waals surface area contributed by atoms with Gasteiger partial charge in [0.25, 0.3) is 0 Å². The quantitative estimate of drug-likeness (QED) is 0.764. The van der Waals surface area contributed by atoms with Crippen LogP contribution in [0.25, 0.3) is 5.65 Å². The number of nitrogens with one attached hydrogen (secondary N) is 1. The highest BCUT2D eigenvalue weighted by atomic mass is 16.3. The zero-order valence-corrected chi connectivity index (χ0v) is 11.4. The summed E-state index contributed by atoms with van der Waals surface area (Å²) in [6.07, 6.45) is 2.03. The third-order valence-corrected chi connectivity index (χ3v) is 3.43. The molecule has 0 bridgehead atoms. The predicted molar refractivity (Wildman–Crippen MR) is 79.6 cm³/mol. The van der Waals surface area contributed by atoms with Crippen molar-refractivity contribution in [2.75, 3.05) is 5.32 Å². The maximum Gasteiger partial charge on any atom is 0.137 e. The number of rotatable bonds is 4. The summed E-state index contributed by atoms with van der Waals surface area (Å²) < 4.78 is 2.10. The number of fused-ring (bicyclic) bond motifs is 1. The first-order valence-corrected chi connectivity index (χ1v) is 6.64. The van der Waals surface area contributed by atoms with E-state index in [1.54, 1.807) is 0 Å². The molecule has 0 unspecified atom stereocenters. The summed E-state index contributed by atoms with van der Waals surface area (Å²) in [4.78, 5) is 4.54. The molecule has 3 aromatic rings. The second-order valence-corrected chi connectivity index (χ2v) is 4.78. The number of anilines is 1. The first-order chi connectivity index (χ1) is 9.78. The van der Waals surface area contributed by atoms with E-state index in [4.69, 9.17) is 5.11 Å². The molecule has 0 amide bonds. The summed E-state index contributed by atoms with van der Waals surface area (Å²) in [5.74, 6) is 0. The van der Waals surface area contributed by atoms with Crippen LogP contribution in [0, 0.1) is 6.92 Å². The number of aromatic nitrogens is 2. The lowest BCUT2D eigenvalue weighted by Crippen LogP contribution is -2.04. The summed E-state index contributed by atoms with van der Waals surface area (Å²) in [6, 6.07) is 13.8. The van der Waals surface area contributed by atoms with Gasteiger partial charge in [-0.2, -0.15) is 0 Å². The number of imidazole rings is 1. The van der Waals surface area contributed by atoms with Crippen LogP contribution in [0.2, 0.25) is 0 Å². The minimum absolute atomic E-state index is 0.0760. The van der Waals surface area contributed by atoms with Crippen molar-refractivity contribution in [1.29, 1.82) is 0 Å². The molecule has 102 valence electrons. The first kappa shape index (κ1) is 12.7. The molecule has 0 fully saturated rings. The van der Waals surface area contributed by atoms with Crippen molar-refractivity contribution in [3.63, 3.8) is 0 Å². The molecule has 2 aromatic heterocycles. The molecule has 1 aromatic carbocycles. The molecular weight excluding hydrogens is 250 g/mol. The van der Waals surface area contributed by atoms with Gasteiger partial charge in [-0.05, 0) is 36.8 Å². The minimum Gasteiger partial charge on any atom is -0.392 e. The molecule has 4 heteroatoms. The average Bonchev–Trinajstić information content (AvgIpc) is 2.81. The first-order valence-electron chi connectivity index (χ1n) is 6.64. The molecule has 20 heavy (non-hydrogen) atoms. The SMILES string of the molecule is Cc1nc2ccccn2c1CNc1ccc(CO)cc1. The van der Waals surface area contributed by atoms with Gasteiger partial charge >= 0.3 is 0 Å². The summed E-state index contributed by atoms with van der Waals surface area (Å²) in [6.45, 7) is 2.82. The Kier molecular flexibility index (Phi) is 3.39. The fourth-order valence-corrected chi connectivity index (χ4v) is 2.29. The molecular formula is C16H17N3O. The number of nitrogens with zero attached hydrogens (tertiary/aromatic N) is 2. The Balaban J connectivity index is 1.80. The van der Waals surface area contributed by atoms with E-state index in [1.807, 2.05) is 55.6 Å². The van der Waals surface area contributed by atoms with Crippen molar-refractivity contribution in [2.45, 2.75) is 20.1 Å². The van der Waals surface area contributed by atoms with Gasteiger partial charge < -0.3 is 14.8 Å². The zero-order valence-electron chi connectivity index (χ0n) is 11.4. The van der Waals surface area contributed by atoms with E-state index in [-0.39, 0.29) is 6.61 Å². The second-order valence-electron chi connectivity index (χ2n) is 4.78. The van der Waals surface area contributed by atoms with Gasteiger partial charge in [-0.1, -0.05) is 18.2 Å². The maximum atomic E-state index is 9.03. The predicted octanol–water partition coefficient (Wildman–Crippen LogP) is 2.75. The molecule has 0 spiro atoms. The van der Waals surface area contributed by atoms with Crippen LogP contribution in [0.5, 0.6) is 0 Å². The van der Waals surface area contributed by atoms with E-state index in [2.05, 4.69) is 14.7 Å². The van der Waals surface area contributed by atoms with E-state index in [9.17, 15) is 0 Å². The molecule has 0 aliphatic carbocycles. The molecule has 0 saturated heterocycles. The molecule has 2 N–H and O–H groups in total. The molecule has 0 aliphatic rings. The van der Waals surface area contributed by atoms with Gasteiger partial charge in [-0.15, -0.1) is 0 Å². The highest BCUT2D eigenvalue weighted by molar-refractivity contribution is 5.47. The average molecular weight is 267 g/mol. The lowest BCUT2D eigenvalue weighted by atomic mass is 10.2. The maximum absolute atomic E-state index is 9.03. The van der Waals surface area contributed by atoms with Gasteiger partial charge in [0.2, 0.25) is 0 Å². The standard InChI is InChI=1S/C16H17N3O/c1-12-15(19-9-3-2-4-16(19)18-12)10-17-14-7-5-13(11-20)6-8-14/h2-9,17,20H,10-11H2,1H3. The largest absolute Gasteiger partial charge is 0.392 e. The van der Waals surface area contributed by atoms with E-state index < -0.39 is 0 Å². The van der Waals surface area contributed by atoms with Crippen LogP contribution in [0.3, 0.4) is 0 Å². The minimum atomic E-state index is 0.0760. The van der Waals surface area contributed by atoms with E-state index in [0.29, 0.717) is 0 Å². The third kappa shape index (κ3) is 2.38. The molecule has 0 atom stereocenters. The van der Waals surface area contributed by atoms with Crippen LogP contribution in [0.4, 0.5) is 5.69 Å². The van der Waals surface area contributed by atoms with Crippen molar-refractivity contribution in [2.24, 2.45) is 0 Å². The van der Waals surface area contributed by atoms with Crippen LogP contribution in [0.15, 0.2) is 48.7 Å². The molecule has 0 radical (unpaired) electrons. The van der Waals surface area contributed by atoms with E-state index in [0.717, 1.165) is 34.8 Å². The molecule has 3 rings (SSSR count). The molecule has 4 nitrogen and oxygen atoms in total. The molecule has 0 aliphatic heterocycles. The van der Waals surface area contributed by atoms with Crippen molar-refractivity contribution in [1.82, 2.24) is 9.38 Å². The number of hydrogen-bond acceptors (Lipinski definition) is 3. The van der Waals surface area contributed by atoms with Gasteiger partial charge in [0, 0.05) is 11.9 Å². The van der Waals surface area contributed by atoms with Crippen LogP contribution in [-0.2, 0) is 13.2 Å². The van der Waals surface area contributed by atoms with Gasteiger partial charge in [-0.25, -0.2) is 4.98 Å². The van der Waals surface area contributed by atoms with Crippen LogP contribution < -0.4 is 5.32 Å². The lowest BCUT2D eigenvalue weighted by Gasteiger charge is -2.08. The van der Waals surface area contributed by atoms with Gasteiger partial charge in [0.15, 0.2) is 0 Å². The highest BCUT2D eigenvalue weighted by Crippen LogP contribution is 2.15. The molecule has 0 saturated carbocycles. The Morgan fingerprint density at radius 3 is 2.70 bits per heavy atom. The zero-order chi connectivity index (χ0) is 13.9. The number of aliphatic hydroxyl groups excluding tert-OH is 1. The molecule has 2 heterocycles. The number of aliphatic hydroxyl groups is 1. The topological polar surface area (TPSA) is 49.6 Å². The number of hydrogen-bond donors (Lipinski definition) is 2. The Hall–Kier alpha value is -2.33. The third-order valence-electron chi connectivity index (χ3n) is 3.43. The monoisotopic (exact) mass is 267 g/mol. The highest BCUT2D eigenvalue weighted by Gasteiger charge is 2.07. The Morgan fingerprint density at radius 1 is 1.15 bits per heavy atom. The van der Waals surface area contributed by atoms with Crippen LogP contribution >= 0.6 is 0 Å². The van der Waals surface area contributed by atoms with Crippen molar-refractivity contribution in [3.8, 4) is 0 Å². The van der Waals surface area contributed by atoms with Crippen molar-refractivity contribution < 1.29 is 5.11 Å². The summed E-state index contributed by atoms with van der Waals surface area (Å²) in [5.41, 5.74) is 5.12. The number of pyridine rings is 1. The summed E-state index contributed by atoms with van der Waals surface area (Å²) >= 11 is 0. The Bertz CT molecular complexity index is 716. The normalized spacial score (nSPS) is 10.9. The smallest absolute Gasteiger partial charge is 0.137 e. The van der Waals surface area contributed by atoms with Gasteiger partial charge in [0.1, 0.15) is 5.65 Å². The van der Waals surface area contributed by atoms with Crippen molar-refractivity contribution >= 4 is 11.3 Å². The van der Waals surface area contributed by atoms with Gasteiger partial charge in [0.05, 0.1) is 24.5 Å². The van der Waals surface area contributed by atoms with Crippen LogP contribution in [-0.4, -0.2) is 14.5 Å². The fourth-order valence-electron chi connectivity index (χ4n) is 2.29. The summed E-state index contributed by atoms with van der Waals surface area (Å²) in [5, 5.41) is 12.4. The fraction of sp³-hybridized carbons (Fsp3) is 0.188. The van der Waals surface area contributed by atoms with E-state index >= 15 is 0 Å². The number of benzene rings is 1. The Labute approximate surface area is 117 Å². The second kappa shape index (κ2) is 5.35. The summed E-state index contributed by atoms with van der Waals surface area (Å²) in [7, 11) is 0. The van der Waals surface area contributed by atoms with Gasteiger partial charge in [-0.3, -0.25) is 0 Å². The van der Waals surface area contributed by atoms with E-state index in [1.165, 1.54) is 0 Å².